The summed E-state index contributed by atoms with van der Waals surface area (Å²) in [5.41, 5.74) is 1.05. The number of hydrogen-bond acceptors (Lipinski definition) is 3. The fourth-order valence-corrected chi connectivity index (χ4v) is 2.61. The van der Waals surface area contributed by atoms with Crippen molar-refractivity contribution in [2.24, 2.45) is 0 Å². The van der Waals surface area contributed by atoms with Gasteiger partial charge in [-0.05, 0) is 5.56 Å². The van der Waals surface area contributed by atoms with Crippen molar-refractivity contribution >= 4 is 0 Å². The Balaban J connectivity index is 1.79. The van der Waals surface area contributed by atoms with Crippen LogP contribution in [0.2, 0.25) is 0 Å². The van der Waals surface area contributed by atoms with Gasteiger partial charge in [-0.15, -0.1) is 5.10 Å². The number of aromatic nitrogens is 5. The highest BCUT2D eigenvalue weighted by atomic mass is 19.1. The van der Waals surface area contributed by atoms with Crippen LogP contribution in [0.1, 0.15) is 30.0 Å². The second-order valence-corrected chi connectivity index (χ2v) is 4.81. The summed E-state index contributed by atoms with van der Waals surface area (Å²) in [7, 11) is 0. The Morgan fingerprint density at radius 1 is 1.20 bits per heavy atom. The van der Waals surface area contributed by atoms with Crippen LogP contribution in [0.3, 0.4) is 0 Å². The minimum atomic E-state index is -1.08. The first-order valence-corrected chi connectivity index (χ1v) is 6.47. The summed E-state index contributed by atoms with van der Waals surface area (Å²) < 4.78 is 17.5. The third-order valence-electron chi connectivity index (χ3n) is 3.57. The Kier molecular flexibility index (Phi) is 2.42. The SMILES string of the molecule is F[C@H]1C[C@@H](c2ccccc2)n2nc(-n3ccnc3)nc21. The van der Waals surface area contributed by atoms with E-state index in [0.717, 1.165) is 5.56 Å². The third-order valence-corrected chi connectivity index (χ3v) is 3.57. The molecule has 6 heteroatoms. The summed E-state index contributed by atoms with van der Waals surface area (Å²) in [5, 5.41) is 4.43. The summed E-state index contributed by atoms with van der Waals surface area (Å²) >= 11 is 0. The Hall–Kier alpha value is -2.50. The average molecular weight is 269 g/mol. The van der Waals surface area contributed by atoms with E-state index in [-0.39, 0.29) is 6.04 Å². The lowest BCUT2D eigenvalue weighted by molar-refractivity contribution is 0.328. The van der Waals surface area contributed by atoms with Gasteiger partial charge >= 0.3 is 0 Å². The molecule has 0 radical (unpaired) electrons. The van der Waals surface area contributed by atoms with Crippen LogP contribution in [0.15, 0.2) is 49.1 Å². The standard InChI is InChI=1S/C14H12FN5/c15-11-8-12(10-4-2-1-3-5-10)20-13(11)17-14(18-20)19-7-6-16-9-19/h1-7,9,11-12H,8H2/t11-,12-/m0/s1. The number of alkyl halides is 1. The van der Waals surface area contributed by atoms with Gasteiger partial charge in [0.2, 0.25) is 0 Å². The Bertz CT molecular complexity index is 719. The molecule has 100 valence electrons. The van der Waals surface area contributed by atoms with E-state index in [4.69, 9.17) is 0 Å². The topological polar surface area (TPSA) is 48.5 Å². The molecule has 0 saturated heterocycles. The maximum atomic E-state index is 14.2. The molecule has 20 heavy (non-hydrogen) atoms. The molecule has 0 unspecified atom stereocenters. The number of nitrogens with zero attached hydrogens (tertiary/aromatic N) is 5. The molecular formula is C14H12FN5. The van der Waals surface area contributed by atoms with Crippen LogP contribution in [0, 0.1) is 0 Å². The predicted molar refractivity (Wildman–Crippen MR) is 70.2 cm³/mol. The zero-order valence-corrected chi connectivity index (χ0v) is 10.6. The molecule has 0 spiro atoms. The molecule has 1 aliphatic heterocycles. The fourth-order valence-electron chi connectivity index (χ4n) is 2.61. The third kappa shape index (κ3) is 1.65. The van der Waals surface area contributed by atoms with Crippen molar-refractivity contribution in [1.82, 2.24) is 24.3 Å². The van der Waals surface area contributed by atoms with E-state index in [9.17, 15) is 4.39 Å². The maximum absolute atomic E-state index is 14.2. The summed E-state index contributed by atoms with van der Waals surface area (Å²) in [4.78, 5) is 8.25. The van der Waals surface area contributed by atoms with E-state index < -0.39 is 6.17 Å². The number of imidazole rings is 1. The summed E-state index contributed by atoms with van der Waals surface area (Å²) in [5.74, 6) is 0.850. The quantitative estimate of drug-likeness (QED) is 0.718. The predicted octanol–water partition coefficient (Wildman–Crippen LogP) is 2.47. The average Bonchev–Trinajstić information content (AvgIpc) is 3.17. The summed E-state index contributed by atoms with van der Waals surface area (Å²) in [6, 6.07) is 9.74. The number of rotatable bonds is 2. The van der Waals surface area contributed by atoms with E-state index in [2.05, 4.69) is 15.1 Å². The number of fused-ring (bicyclic) bond motifs is 1. The summed E-state index contributed by atoms with van der Waals surface area (Å²) in [6.07, 6.45) is 4.31. The van der Waals surface area contributed by atoms with E-state index in [1.54, 1.807) is 28.0 Å². The van der Waals surface area contributed by atoms with Crippen molar-refractivity contribution in [3.05, 3.63) is 60.4 Å². The molecule has 0 bridgehead atoms. The molecule has 0 amide bonds. The van der Waals surface area contributed by atoms with Gasteiger partial charge in [-0.3, -0.25) is 4.57 Å². The van der Waals surface area contributed by atoms with Gasteiger partial charge in [0.05, 0.1) is 6.04 Å². The molecule has 0 saturated carbocycles. The Morgan fingerprint density at radius 3 is 2.80 bits per heavy atom. The van der Waals surface area contributed by atoms with E-state index in [1.165, 1.54) is 0 Å². The van der Waals surface area contributed by atoms with E-state index in [1.807, 2.05) is 30.3 Å². The van der Waals surface area contributed by atoms with Crippen molar-refractivity contribution in [3.8, 4) is 5.95 Å². The van der Waals surface area contributed by atoms with Crippen LogP contribution in [-0.2, 0) is 0 Å². The highest BCUT2D eigenvalue weighted by Gasteiger charge is 2.35. The van der Waals surface area contributed by atoms with Crippen LogP contribution in [0.4, 0.5) is 4.39 Å². The molecule has 0 fully saturated rings. The lowest BCUT2D eigenvalue weighted by atomic mass is 10.0. The molecule has 4 rings (SSSR count). The van der Waals surface area contributed by atoms with Gasteiger partial charge in [-0.1, -0.05) is 30.3 Å². The Morgan fingerprint density at radius 2 is 2.05 bits per heavy atom. The van der Waals surface area contributed by atoms with Crippen molar-refractivity contribution in [2.75, 3.05) is 0 Å². The number of halogens is 1. The first-order chi connectivity index (χ1) is 9.83. The van der Waals surface area contributed by atoms with Crippen LogP contribution in [-0.4, -0.2) is 24.3 Å². The lowest BCUT2D eigenvalue weighted by Crippen LogP contribution is -2.08. The zero-order chi connectivity index (χ0) is 13.5. The van der Waals surface area contributed by atoms with Crippen LogP contribution >= 0.6 is 0 Å². The second kappa shape index (κ2) is 4.26. The molecule has 1 aromatic carbocycles. The van der Waals surface area contributed by atoms with Gasteiger partial charge in [0.1, 0.15) is 6.33 Å². The molecule has 3 aromatic rings. The monoisotopic (exact) mass is 269 g/mol. The van der Waals surface area contributed by atoms with Crippen molar-refractivity contribution in [1.29, 1.82) is 0 Å². The lowest BCUT2D eigenvalue weighted by Gasteiger charge is -2.11. The highest BCUT2D eigenvalue weighted by Crippen LogP contribution is 2.39. The van der Waals surface area contributed by atoms with Gasteiger partial charge < -0.3 is 0 Å². The largest absolute Gasteiger partial charge is 0.273 e. The smallest absolute Gasteiger partial charge is 0.254 e. The van der Waals surface area contributed by atoms with Crippen LogP contribution in [0.25, 0.3) is 5.95 Å². The molecule has 2 atom stereocenters. The highest BCUT2D eigenvalue weighted by molar-refractivity contribution is 5.25. The van der Waals surface area contributed by atoms with Gasteiger partial charge in [-0.2, -0.15) is 4.98 Å². The van der Waals surface area contributed by atoms with E-state index in [0.29, 0.717) is 18.2 Å². The van der Waals surface area contributed by atoms with Crippen molar-refractivity contribution in [3.63, 3.8) is 0 Å². The van der Waals surface area contributed by atoms with Gasteiger partial charge in [0.15, 0.2) is 12.0 Å². The first kappa shape index (κ1) is 11.3. The molecular weight excluding hydrogens is 257 g/mol. The van der Waals surface area contributed by atoms with Gasteiger partial charge in [-0.25, -0.2) is 14.1 Å². The molecule has 1 aliphatic rings. The summed E-state index contributed by atoms with van der Waals surface area (Å²) in [6.45, 7) is 0. The van der Waals surface area contributed by atoms with Crippen LogP contribution < -0.4 is 0 Å². The first-order valence-electron chi connectivity index (χ1n) is 6.47. The zero-order valence-electron chi connectivity index (χ0n) is 10.6. The molecule has 5 nitrogen and oxygen atoms in total. The number of hydrogen-bond donors (Lipinski definition) is 0. The minimum absolute atomic E-state index is 0.0917. The fraction of sp³-hybridized carbons (Fsp3) is 0.214. The molecule has 0 N–H and O–H groups in total. The van der Waals surface area contributed by atoms with Gasteiger partial charge in [0.25, 0.3) is 5.95 Å². The van der Waals surface area contributed by atoms with Crippen LogP contribution in [0.5, 0.6) is 0 Å². The van der Waals surface area contributed by atoms with Crippen molar-refractivity contribution < 1.29 is 4.39 Å². The molecule has 2 aromatic heterocycles. The molecule has 0 aliphatic carbocycles. The van der Waals surface area contributed by atoms with Gasteiger partial charge in [0, 0.05) is 18.8 Å². The van der Waals surface area contributed by atoms with E-state index >= 15 is 0 Å². The Labute approximate surface area is 114 Å². The second-order valence-electron chi connectivity index (χ2n) is 4.81. The maximum Gasteiger partial charge on any atom is 0.254 e. The van der Waals surface area contributed by atoms with Crippen molar-refractivity contribution in [2.45, 2.75) is 18.6 Å². The molecule has 3 heterocycles. The minimum Gasteiger partial charge on any atom is -0.273 e. The normalized spacial score (nSPS) is 21.1. The number of benzene rings is 1.